The Labute approximate surface area is 156 Å². The molecule has 4 rings (SSSR count). The minimum absolute atomic E-state index is 0.0371. The van der Waals surface area contributed by atoms with E-state index in [2.05, 4.69) is 5.32 Å². The van der Waals surface area contributed by atoms with Gasteiger partial charge in [0.25, 0.3) is 0 Å². The molecular weight excluding hydrogens is 353 g/mol. The van der Waals surface area contributed by atoms with Gasteiger partial charge in [0.05, 0.1) is 0 Å². The number of nitrogens with zero attached hydrogens (tertiary/aromatic N) is 1. The summed E-state index contributed by atoms with van der Waals surface area (Å²) >= 11 is 0. The molecule has 1 saturated carbocycles. The molecule has 142 valence electrons. The van der Waals surface area contributed by atoms with Gasteiger partial charge >= 0.3 is 0 Å². The topological polar surface area (TPSA) is 32.3 Å². The first-order chi connectivity index (χ1) is 12.8. The van der Waals surface area contributed by atoms with E-state index in [1.165, 1.54) is 18.2 Å². The normalized spacial score (nSPS) is 17.4. The quantitative estimate of drug-likeness (QED) is 0.834. The molecule has 0 aromatic heterocycles. The van der Waals surface area contributed by atoms with E-state index in [9.17, 15) is 13.6 Å². The number of carbonyl (C=O) groups is 1. The van der Waals surface area contributed by atoms with E-state index >= 15 is 4.39 Å². The SMILES string of the molecule is CC1(CC(=O)Nc2c(F)cc3c(c2F)CN(c2ccc(F)cc2)CC3)CC1. The van der Waals surface area contributed by atoms with Gasteiger partial charge in [-0.25, -0.2) is 13.2 Å². The highest BCUT2D eigenvalue weighted by atomic mass is 19.1. The maximum atomic E-state index is 15.0. The molecule has 0 saturated heterocycles. The van der Waals surface area contributed by atoms with Crippen molar-refractivity contribution in [1.82, 2.24) is 0 Å². The molecule has 0 spiro atoms. The molecule has 3 nitrogen and oxygen atoms in total. The number of halogens is 3. The molecule has 0 atom stereocenters. The van der Waals surface area contributed by atoms with Crippen LogP contribution in [0, 0.1) is 22.9 Å². The van der Waals surface area contributed by atoms with Crippen LogP contribution in [0.15, 0.2) is 30.3 Å². The smallest absolute Gasteiger partial charge is 0.225 e. The van der Waals surface area contributed by atoms with Crippen LogP contribution in [-0.2, 0) is 17.8 Å². The highest BCUT2D eigenvalue weighted by Gasteiger charge is 2.39. The fourth-order valence-corrected chi connectivity index (χ4v) is 3.58. The third-order valence-corrected chi connectivity index (χ3v) is 5.56. The Morgan fingerprint density at radius 1 is 1.19 bits per heavy atom. The molecule has 1 aliphatic heterocycles. The zero-order valence-corrected chi connectivity index (χ0v) is 15.1. The van der Waals surface area contributed by atoms with Crippen LogP contribution in [0.4, 0.5) is 24.5 Å². The van der Waals surface area contributed by atoms with Crippen molar-refractivity contribution in [2.45, 2.75) is 39.2 Å². The first kappa shape index (κ1) is 17.9. The second-order valence-corrected chi connectivity index (χ2v) is 7.87. The Morgan fingerprint density at radius 2 is 1.89 bits per heavy atom. The Bertz CT molecular complexity index is 891. The van der Waals surface area contributed by atoms with Gasteiger partial charge in [-0.15, -0.1) is 0 Å². The summed E-state index contributed by atoms with van der Waals surface area (Å²) in [5, 5.41) is 2.43. The van der Waals surface area contributed by atoms with Crippen molar-refractivity contribution in [3.05, 3.63) is 58.9 Å². The minimum Gasteiger partial charge on any atom is -0.367 e. The zero-order valence-electron chi connectivity index (χ0n) is 15.1. The lowest BCUT2D eigenvalue weighted by molar-refractivity contribution is -0.117. The summed E-state index contributed by atoms with van der Waals surface area (Å²) in [7, 11) is 0. The highest BCUT2D eigenvalue weighted by molar-refractivity contribution is 5.91. The molecule has 1 heterocycles. The summed E-state index contributed by atoms with van der Waals surface area (Å²) in [4.78, 5) is 14.1. The number of carbonyl (C=O) groups excluding carboxylic acids is 1. The second-order valence-electron chi connectivity index (χ2n) is 7.87. The predicted octanol–water partition coefficient (Wildman–Crippen LogP) is 4.80. The molecular formula is C21H21F3N2O. The average molecular weight is 374 g/mol. The standard InChI is InChI=1S/C21H21F3N2O/c1-21(7-8-21)11-18(27)25-20-17(23)10-13-6-9-26(12-16(13)19(20)24)15-4-2-14(22)3-5-15/h2-5,10H,6-9,11-12H2,1H3,(H,25,27). The number of benzene rings is 2. The molecule has 2 aliphatic rings. The summed E-state index contributed by atoms with van der Waals surface area (Å²) in [6, 6.07) is 7.31. The monoisotopic (exact) mass is 374 g/mol. The van der Waals surface area contributed by atoms with Crippen LogP contribution in [0.3, 0.4) is 0 Å². The van der Waals surface area contributed by atoms with Crippen LogP contribution >= 0.6 is 0 Å². The van der Waals surface area contributed by atoms with Crippen molar-refractivity contribution in [3.63, 3.8) is 0 Å². The number of anilines is 2. The first-order valence-electron chi connectivity index (χ1n) is 9.15. The van der Waals surface area contributed by atoms with Gasteiger partial charge in [0.1, 0.15) is 17.3 Å². The summed E-state index contributed by atoms with van der Waals surface area (Å²) < 4.78 is 42.6. The number of fused-ring (bicyclic) bond motifs is 1. The third kappa shape index (κ3) is 3.66. The van der Waals surface area contributed by atoms with Crippen LogP contribution in [0.2, 0.25) is 0 Å². The molecule has 0 unspecified atom stereocenters. The molecule has 1 aliphatic carbocycles. The van der Waals surface area contributed by atoms with Gasteiger partial charge in [-0.1, -0.05) is 6.92 Å². The minimum atomic E-state index is -0.740. The number of amides is 1. The fraction of sp³-hybridized carbons (Fsp3) is 0.381. The summed E-state index contributed by atoms with van der Waals surface area (Å²) in [5.41, 5.74) is 1.35. The van der Waals surface area contributed by atoms with Gasteiger partial charge in [0.2, 0.25) is 5.91 Å². The van der Waals surface area contributed by atoms with E-state index in [4.69, 9.17) is 0 Å². The predicted molar refractivity (Wildman–Crippen MR) is 98.1 cm³/mol. The van der Waals surface area contributed by atoms with Gasteiger partial charge in [-0.05, 0) is 60.6 Å². The number of hydrogen-bond acceptors (Lipinski definition) is 2. The average Bonchev–Trinajstić information content (AvgIpc) is 3.36. The van der Waals surface area contributed by atoms with Gasteiger partial charge < -0.3 is 10.2 Å². The van der Waals surface area contributed by atoms with E-state index in [0.717, 1.165) is 18.5 Å². The van der Waals surface area contributed by atoms with E-state index in [0.29, 0.717) is 24.1 Å². The Morgan fingerprint density at radius 3 is 2.56 bits per heavy atom. The van der Waals surface area contributed by atoms with Gasteiger partial charge in [-0.3, -0.25) is 4.79 Å². The largest absolute Gasteiger partial charge is 0.367 e. The van der Waals surface area contributed by atoms with E-state index in [-0.39, 0.29) is 35.8 Å². The van der Waals surface area contributed by atoms with Gasteiger partial charge in [0, 0.05) is 30.8 Å². The molecule has 27 heavy (non-hydrogen) atoms. The molecule has 2 aromatic carbocycles. The van der Waals surface area contributed by atoms with Crippen molar-refractivity contribution in [2.24, 2.45) is 5.41 Å². The summed E-state index contributed by atoms with van der Waals surface area (Å²) in [6.07, 6.45) is 2.67. The molecule has 1 N–H and O–H groups in total. The highest BCUT2D eigenvalue weighted by Crippen LogP contribution is 2.48. The van der Waals surface area contributed by atoms with Crippen molar-refractivity contribution < 1.29 is 18.0 Å². The Balaban J connectivity index is 1.58. The molecule has 1 fully saturated rings. The summed E-state index contributed by atoms with van der Waals surface area (Å²) in [6.45, 7) is 2.82. The molecule has 1 amide bonds. The second kappa shape index (κ2) is 6.59. The van der Waals surface area contributed by atoms with Gasteiger partial charge in [0.15, 0.2) is 5.82 Å². The maximum Gasteiger partial charge on any atom is 0.225 e. The van der Waals surface area contributed by atoms with Crippen LogP contribution in [-0.4, -0.2) is 12.5 Å². The molecule has 2 aromatic rings. The van der Waals surface area contributed by atoms with Crippen LogP contribution in [0.1, 0.15) is 37.3 Å². The summed E-state index contributed by atoms with van der Waals surface area (Å²) in [5.74, 6) is -2.15. The first-order valence-corrected chi connectivity index (χ1v) is 9.15. The number of nitrogens with one attached hydrogen (secondary N) is 1. The van der Waals surface area contributed by atoms with Crippen molar-refractivity contribution in [2.75, 3.05) is 16.8 Å². The molecule has 6 heteroatoms. The van der Waals surface area contributed by atoms with E-state index in [1.54, 1.807) is 12.1 Å². The maximum absolute atomic E-state index is 15.0. The van der Waals surface area contributed by atoms with E-state index < -0.39 is 11.6 Å². The molecule has 0 bridgehead atoms. The van der Waals surface area contributed by atoms with Crippen molar-refractivity contribution in [3.8, 4) is 0 Å². The third-order valence-electron chi connectivity index (χ3n) is 5.56. The number of hydrogen-bond donors (Lipinski definition) is 1. The van der Waals surface area contributed by atoms with Crippen LogP contribution < -0.4 is 10.2 Å². The Hall–Kier alpha value is -2.50. The Kier molecular flexibility index (Phi) is 4.36. The van der Waals surface area contributed by atoms with Gasteiger partial charge in [-0.2, -0.15) is 0 Å². The lowest BCUT2D eigenvalue weighted by Crippen LogP contribution is -2.31. The number of rotatable bonds is 4. The van der Waals surface area contributed by atoms with Crippen molar-refractivity contribution >= 4 is 17.3 Å². The van der Waals surface area contributed by atoms with Crippen molar-refractivity contribution in [1.29, 1.82) is 0 Å². The zero-order chi connectivity index (χ0) is 19.2. The lowest BCUT2D eigenvalue weighted by Gasteiger charge is -2.31. The van der Waals surface area contributed by atoms with Crippen LogP contribution in [0.25, 0.3) is 0 Å². The lowest BCUT2D eigenvalue weighted by atomic mass is 9.97. The van der Waals surface area contributed by atoms with E-state index in [1.807, 2.05) is 11.8 Å². The fourth-order valence-electron chi connectivity index (χ4n) is 3.58. The molecule has 0 radical (unpaired) electrons. The van der Waals surface area contributed by atoms with Crippen LogP contribution in [0.5, 0.6) is 0 Å².